The van der Waals surface area contributed by atoms with Crippen LogP contribution in [-0.2, 0) is 31.0 Å². The van der Waals surface area contributed by atoms with E-state index in [1.807, 2.05) is 6.92 Å². The summed E-state index contributed by atoms with van der Waals surface area (Å²) in [5.74, 6) is -2.50. The molecule has 9 heteroatoms. The van der Waals surface area contributed by atoms with Gasteiger partial charge < -0.3 is 10.1 Å². The highest BCUT2D eigenvalue weighted by atomic mass is 16.5. The average Bonchev–Trinajstić information content (AvgIpc) is 3.04. The second-order valence-electron chi connectivity index (χ2n) is 7.55. The van der Waals surface area contributed by atoms with Gasteiger partial charge in [-0.3, -0.25) is 28.8 Å². The number of fused-ring (bicyclic) bond motifs is 1. The minimum absolute atomic E-state index is 0.301. The van der Waals surface area contributed by atoms with E-state index in [4.69, 9.17) is 4.74 Å². The molecule has 0 aromatic carbocycles. The zero-order chi connectivity index (χ0) is 20.6. The van der Waals surface area contributed by atoms with E-state index in [2.05, 4.69) is 10.4 Å². The van der Waals surface area contributed by atoms with Gasteiger partial charge in [0.1, 0.15) is 6.54 Å². The van der Waals surface area contributed by atoms with E-state index in [0.717, 1.165) is 23.4 Å². The van der Waals surface area contributed by atoms with Crippen LogP contribution in [0.15, 0.2) is 0 Å². The highest BCUT2D eigenvalue weighted by Gasteiger charge is 2.48. The van der Waals surface area contributed by atoms with Crippen molar-refractivity contribution in [3.05, 3.63) is 11.4 Å². The number of esters is 1. The van der Waals surface area contributed by atoms with Crippen molar-refractivity contribution in [1.29, 1.82) is 0 Å². The largest absolute Gasteiger partial charge is 0.451 e. The molecule has 1 N–H and O–H groups in total. The van der Waals surface area contributed by atoms with Crippen molar-refractivity contribution in [2.75, 3.05) is 11.9 Å². The van der Waals surface area contributed by atoms with Crippen LogP contribution >= 0.6 is 0 Å². The number of aryl methyl sites for hydroxylation is 2. The molecule has 2 heterocycles. The zero-order valence-corrected chi connectivity index (χ0v) is 16.7. The lowest BCUT2D eigenvalue weighted by atomic mass is 9.81. The molecule has 1 aliphatic carbocycles. The molecule has 3 atom stereocenters. The lowest BCUT2D eigenvalue weighted by Gasteiger charge is -2.19. The summed E-state index contributed by atoms with van der Waals surface area (Å²) in [4.78, 5) is 50.5. The van der Waals surface area contributed by atoms with E-state index in [9.17, 15) is 19.2 Å². The number of anilines is 1. The number of rotatable bonds is 5. The molecule has 1 aromatic rings. The second-order valence-corrected chi connectivity index (χ2v) is 7.55. The average molecular weight is 390 g/mol. The molecule has 2 fully saturated rings. The first-order valence-corrected chi connectivity index (χ1v) is 9.56. The Labute approximate surface area is 163 Å². The summed E-state index contributed by atoms with van der Waals surface area (Å²) in [7, 11) is 1.77. The topological polar surface area (TPSA) is 111 Å². The highest BCUT2D eigenvalue weighted by Crippen LogP contribution is 2.37. The number of imide groups is 1. The van der Waals surface area contributed by atoms with Crippen molar-refractivity contribution in [1.82, 2.24) is 14.7 Å². The van der Waals surface area contributed by atoms with E-state index in [1.165, 1.54) is 6.92 Å². The molecule has 1 saturated carbocycles. The lowest BCUT2D eigenvalue weighted by Crippen LogP contribution is -2.39. The van der Waals surface area contributed by atoms with Gasteiger partial charge in [0.15, 0.2) is 6.10 Å². The van der Waals surface area contributed by atoms with Gasteiger partial charge >= 0.3 is 5.97 Å². The molecule has 0 unspecified atom stereocenters. The zero-order valence-electron chi connectivity index (χ0n) is 16.7. The molecule has 2 aliphatic rings. The predicted molar refractivity (Wildman–Crippen MR) is 99.0 cm³/mol. The molecular weight excluding hydrogens is 364 g/mol. The van der Waals surface area contributed by atoms with Crippen LogP contribution < -0.4 is 5.32 Å². The van der Waals surface area contributed by atoms with Crippen LogP contribution in [0.3, 0.4) is 0 Å². The Balaban J connectivity index is 1.57. The number of aromatic nitrogens is 2. The minimum Gasteiger partial charge on any atom is -0.451 e. The van der Waals surface area contributed by atoms with Crippen molar-refractivity contribution in [3.63, 3.8) is 0 Å². The monoisotopic (exact) mass is 390 g/mol. The summed E-state index contributed by atoms with van der Waals surface area (Å²) in [6, 6.07) is 0. The highest BCUT2D eigenvalue weighted by molar-refractivity contribution is 6.07. The third-order valence-corrected chi connectivity index (χ3v) is 5.65. The minimum atomic E-state index is -1.07. The molecule has 9 nitrogen and oxygen atoms in total. The third-order valence-electron chi connectivity index (χ3n) is 5.65. The standard InChI is InChI=1S/C19H26N4O5/c1-10-16(11(2)22(4)21-10)20-17(25)12(3)28-15(24)9-23-18(26)13-7-5-6-8-14(13)19(23)27/h12-14H,5-9H2,1-4H3,(H,20,25)/t12-,13-,14+/m1/s1. The SMILES string of the molecule is Cc1nn(C)c(C)c1NC(=O)[C@@H](C)OC(=O)CN1C(=O)[C@H]2CCCC[C@H]2C1=O. The van der Waals surface area contributed by atoms with Crippen molar-refractivity contribution >= 4 is 29.4 Å². The number of carbonyl (C=O) groups excluding carboxylic acids is 4. The first-order chi connectivity index (χ1) is 13.2. The Kier molecular flexibility index (Phi) is 5.53. The maximum Gasteiger partial charge on any atom is 0.326 e. The smallest absolute Gasteiger partial charge is 0.326 e. The number of carbonyl (C=O) groups is 4. The van der Waals surface area contributed by atoms with E-state index in [1.54, 1.807) is 18.7 Å². The number of hydrogen-bond acceptors (Lipinski definition) is 6. The molecule has 1 saturated heterocycles. The van der Waals surface area contributed by atoms with Gasteiger partial charge in [-0.05, 0) is 33.6 Å². The fraction of sp³-hybridized carbons (Fsp3) is 0.632. The second kappa shape index (κ2) is 7.73. The maximum absolute atomic E-state index is 12.4. The number of nitrogens with zero attached hydrogens (tertiary/aromatic N) is 3. The van der Waals surface area contributed by atoms with Crippen molar-refractivity contribution < 1.29 is 23.9 Å². The first-order valence-electron chi connectivity index (χ1n) is 9.56. The van der Waals surface area contributed by atoms with Gasteiger partial charge in [0.2, 0.25) is 11.8 Å². The van der Waals surface area contributed by atoms with Gasteiger partial charge in [0.05, 0.1) is 28.9 Å². The number of ether oxygens (including phenoxy) is 1. The predicted octanol–water partition coefficient (Wildman–Crippen LogP) is 1.08. The summed E-state index contributed by atoms with van der Waals surface area (Å²) in [6.45, 7) is 4.58. The normalized spacial score (nSPS) is 22.8. The molecule has 28 heavy (non-hydrogen) atoms. The van der Waals surface area contributed by atoms with Gasteiger partial charge in [0.25, 0.3) is 5.91 Å². The molecular formula is C19H26N4O5. The number of nitrogens with one attached hydrogen (secondary N) is 1. The lowest BCUT2D eigenvalue weighted by molar-refractivity contribution is -0.158. The molecule has 1 aliphatic heterocycles. The number of likely N-dealkylation sites (tertiary alicyclic amines) is 1. The van der Waals surface area contributed by atoms with Crippen LogP contribution in [0.25, 0.3) is 0 Å². The van der Waals surface area contributed by atoms with Crippen molar-refractivity contribution in [3.8, 4) is 0 Å². The van der Waals surface area contributed by atoms with Gasteiger partial charge in [-0.25, -0.2) is 0 Å². The molecule has 0 spiro atoms. The van der Waals surface area contributed by atoms with Crippen LogP contribution in [0.4, 0.5) is 5.69 Å². The Morgan fingerprint density at radius 2 is 1.75 bits per heavy atom. The van der Waals surface area contributed by atoms with Gasteiger partial charge in [-0.1, -0.05) is 12.8 Å². The van der Waals surface area contributed by atoms with Gasteiger partial charge in [0, 0.05) is 7.05 Å². The van der Waals surface area contributed by atoms with Crippen molar-refractivity contribution in [2.24, 2.45) is 18.9 Å². The Bertz CT molecular complexity index is 807. The number of amides is 3. The van der Waals surface area contributed by atoms with Crippen LogP contribution in [0.5, 0.6) is 0 Å². The first kappa shape index (κ1) is 20.0. The fourth-order valence-corrected chi connectivity index (χ4v) is 3.98. The van der Waals surface area contributed by atoms with Gasteiger partial charge in [-0.15, -0.1) is 0 Å². The van der Waals surface area contributed by atoms with E-state index in [-0.39, 0.29) is 23.7 Å². The molecule has 152 valence electrons. The van der Waals surface area contributed by atoms with Crippen LogP contribution in [0, 0.1) is 25.7 Å². The van der Waals surface area contributed by atoms with E-state index < -0.39 is 24.5 Å². The molecule has 0 radical (unpaired) electrons. The fourth-order valence-electron chi connectivity index (χ4n) is 3.98. The van der Waals surface area contributed by atoms with E-state index >= 15 is 0 Å². The molecule has 3 rings (SSSR count). The Morgan fingerprint density at radius 1 is 1.18 bits per heavy atom. The third kappa shape index (κ3) is 3.65. The van der Waals surface area contributed by atoms with Crippen LogP contribution in [0.1, 0.15) is 44.0 Å². The molecule has 3 amide bonds. The summed E-state index contributed by atoms with van der Waals surface area (Å²) in [5.41, 5.74) is 2.01. The Morgan fingerprint density at radius 3 is 2.25 bits per heavy atom. The summed E-state index contributed by atoms with van der Waals surface area (Å²) < 4.78 is 6.80. The van der Waals surface area contributed by atoms with Crippen LogP contribution in [-0.4, -0.2) is 51.0 Å². The molecule has 1 aromatic heterocycles. The number of hydrogen-bond donors (Lipinski definition) is 1. The summed E-state index contributed by atoms with van der Waals surface area (Å²) in [5, 5.41) is 6.93. The Hall–Kier alpha value is -2.71. The van der Waals surface area contributed by atoms with Crippen LogP contribution in [0.2, 0.25) is 0 Å². The van der Waals surface area contributed by atoms with E-state index in [0.29, 0.717) is 24.2 Å². The van der Waals surface area contributed by atoms with Crippen molar-refractivity contribution in [2.45, 2.75) is 52.6 Å². The maximum atomic E-state index is 12.4. The summed E-state index contributed by atoms with van der Waals surface area (Å²) in [6.07, 6.45) is 2.14. The quantitative estimate of drug-likeness (QED) is 0.595. The van der Waals surface area contributed by atoms with Gasteiger partial charge in [-0.2, -0.15) is 5.10 Å². The summed E-state index contributed by atoms with van der Waals surface area (Å²) >= 11 is 0. The molecule has 0 bridgehead atoms.